The zero-order valence-corrected chi connectivity index (χ0v) is 15.8. The largest absolute Gasteiger partial charge is 0.485 e. The van der Waals surface area contributed by atoms with Crippen LogP contribution in [0.25, 0.3) is 0 Å². The van der Waals surface area contributed by atoms with Gasteiger partial charge in [0.1, 0.15) is 22.2 Å². The summed E-state index contributed by atoms with van der Waals surface area (Å²) in [4.78, 5) is 26.5. The molecule has 3 rings (SSSR count). The van der Waals surface area contributed by atoms with Crippen LogP contribution in [0, 0.1) is 13.8 Å². The second kappa shape index (κ2) is 7.93. The lowest BCUT2D eigenvalue weighted by Gasteiger charge is -2.33. The number of hydrogen-bond donors (Lipinski definition) is 0. The fourth-order valence-corrected chi connectivity index (χ4v) is 3.75. The lowest BCUT2D eigenvalue weighted by atomic mass is 10.2. The first-order valence-corrected chi connectivity index (χ1v) is 9.42. The number of piperazine rings is 1. The van der Waals surface area contributed by atoms with Crippen LogP contribution in [0.5, 0.6) is 5.75 Å². The van der Waals surface area contributed by atoms with Crippen LogP contribution in [0.3, 0.4) is 0 Å². The number of thiazole rings is 1. The first kappa shape index (κ1) is 17.8. The van der Waals surface area contributed by atoms with Gasteiger partial charge in [0.25, 0.3) is 5.91 Å². The Bertz CT molecular complexity index is 721. The minimum Gasteiger partial charge on any atom is -0.485 e. The van der Waals surface area contributed by atoms with Gasteiger partial charge in [0.2, 0.25) is 0 Å². The summed E-state index contributed by atoms with van der Waals surface area (Å²) in [5.74, 6) is 0.802. The molecular formula is C18H24N4O2S. The topological polar surface area (TPSA) is 58.6 Å². The number of aryl methyl sites for hydroxylation is 2. The summed E-state index contributed by atoms with van der Waals surface area (Å²) in [6.45, 7) is 10.8. The number of carbonyl (C=O) groups is 1. The highest BCUT2D eigenvalue weighted by Gasteiger charge is 2.24. The molecule has 1 aliphatic rings. The molecule has 0 atom stereocenters. The molecule has 1 fully saturated rings. The van der Waals surface area contributed by atoms with Crippen LogP contribution in [0.15, 0.2) is 18.3 Å². The van der Waals surface area contributed by atoms with E-state index in [1.165, 1.54) is 11.3 Å². The number of ether oxygens (including phenoxy) is 1. The highest BCUT2D eigenvalue weighted by Crippen LogP contribution is 2.22. The van der Waals surface area contributed by atoms with Crippen molar-refractivity contribution in [3.63, 3.8) is 0 Å². The van der Waals surface area contributed by atoms with E-state index in [0.29, 0.717) is 12.4 Å². The fraction of sp³-hybridized carbons (Fsp3) is 0.500. The molecule has 0 N–H and O–H groups in total. The van der Waals surface area contributed by atoms with Gasteiger partial charge < -0.3 is 14.5 Å². The number of nitrogens with zero attached hydrogens (tertiary/aromatic N) is 4. The Labute approximate surface area is 152 Å². The Morgan fingerprint density at radius 2 is 2.00 bits per heavy atom. The molecule has 0 radical (unpaired) electrons. The van der Waals surface area contributed by atoms with Crippen LogP contribution in [0.4, 0.5) is 0 Å². The molecule has 2 aromatic rings. The Kier molecular flexibility index (Phi) is 5.65. The minimum absolute atomic E-state index is 0.0917. The average molecular weight is 360 g/mol. The number of amides is 1. The van der Waals surface area contributed by atoms with Crippen LogP contribution < -0.4 is 4.74 Å². The molecule has 0 aliphatic carbocycles. The molecule has 7 heteroatoms. The molecule has 0 spiro atoms. The van der Waals surface area contributed by atoms with Gasteiger partial charge in [-0.05, 0) is 32.5 Å². The van der Waals surface area contributed by atoms with E-state index >= 15 is 0 Å². The molecule has 1 amide bonds. The van der Waals surface area contributed by atoms with Crippen molar-refractivity contribution in [2.75, 3.05) is 32.7 Å². The fourth-order valence-electron chi connectivity index (χ4n) is 2.81. The van der Waals surface area contributed by atoms with E-state index in [-0.39, 0.29) is 5.91 Å². The third-order valence-corrected chi connectivity index (χ3v) is 5.51. The van der Waals surface area contributed by atoms with Crippen molar-refractivity contribution in [3.8, 4) is 5.75 Å². The van der Waals surface area contributed by atoms with Gasteiger partial charge in [-0.2, -0.15) is 0 Å². The Morgan fingerprint density at radius 3 is 2.64 bits per heavy atom. The van der Waals surface area contributed by atoms with Crippen molar-refractivity contribution in [1.82, 2.24) is 19.8 Å². The van der Waals surface area contributed by atoms with Crippen molar-refractivity contribution < 1.29 is 9.53 Å². The maximum Gasteiger partial charge on any atom is 0.265 e. The number of carbonyl (C=O) groups excluding carboxylic acids is 1. The van der Waals surface area contributed by atoms with Crippen LogP contribution in [-0.2, 0) is 6.61 Å². The third kappa shape index (κ3) is 4.35. The first-order valence-electron chi connectivity index (χ1n) is 8.60. The molecule has 0 saturated carbocycles. The molecule has 6 nitrogen and oxygen atoms in total. The normalized spacial score (nSPS) is 15.4. The van der Waals surface area contributed by atoms with Gasteiger partial charge in [0.05, 0.1) is 11.9 Å². The number of pyridine rings is 1. The van der Waals surface area contributed by atoms with Gasteiger partial charge in [-0.15, -0.1) is 11.3 Å². The molecule has 0 aromatic carbocycles. The summed E-state index contributed by atoms with van der Waals surface area (Å²) in [6.07, 6.45) is 1.70. The van der Waals surface area contributed by atoms with Gasteiger partial charge in [0, 0.05) is 31.9 Å². The van der Waals surface area contributed by atoms with Crippen LogP contribution in [0.1, 0.15) is 33.0 Å². The summed E-state index contributed by atoms with van der Waals surface area (Å²) < 4.78 is 5.72. The van der Waals surface area contributed by atoms with E-state index < -0.39 is 0 Å². The van der Waals surface area contributed by atoms with E-state index in [9.17, 15) is 4.79 Å². The van der Waals surface area contributed by atoms with E-state index in [1.807, 2.05) is 30.9 Å². The van der Waals surface area contributed by atoms with Crippen LogP contribution in [-0.4, -0.2) is 58.4 Å². The highest BCUT2D eigenvalue weighted by atomic mass is 32.1. The van der Waals surface area contributed by atoms with Crippen molar-refractivity contribution in [2.45, 2.75) is 27.4 Å². The number of rotatable bonds is 5. The monoisotopic (exact) mass is 360 g/mol. The summed E-state index contributed by atoms with van der Waals surface area (Å²) in [5, 5.41) is 0.814. The quantitative estimate of drug-likeness (QED) is 0.820. The number of hydrogen-bond acceptors (Lipinski definition) is 6. The SMILES string of the molecule is CCN1CCN(C(=O)c2sc(COc3ccc(C)nc3)nc2C)CC1. The predicted octanol–water partition coefficient (Wildman–Crippen LogP) is 2.51. The Morgan fingerprint density at radius 1 is 1.24 bits per heavy atom. The van der Waals surface area contributed by atoms with Gasteiger partial charge in [-0.25, -0.2) is 4.98 Å². The zero-order valence-electron chi connectivity index (χ0n) is 15.0. The first-order chi connectivity index (χ1) is 12.1. The van der Waals surface area contributed by atoms with Crippen molar-refractivity contribution in [1.29, 1.82) is 0 Å². The number of likely N-dealkylation sites (N-methyl/N-ethyl adjacent to an activating group) is 1. The Balaban J connectivity index is 1.61. The van der Waals surface area contributed by atoms with Gasteiger partial charge in [0.15, 0.2) is 0 Å². The second-order valence-corrected chi connectivity index (χ2v) is 7.26. The summed E-state index contributed by atoms with van der Waals surface area (Å²) >= 11 is 1.43. The van der Waals surface area contributed by atoms with E-state index in [1.54, 1.807) is 6.20 Å². The van der Waals surface area contributed by atoms with E-state index in [4.69, 9.17) is 4.74 Å². The van der Waals surface area contributed by atoms with Crippen molar-refractivity contribution in [3.05, 3.63) is 39.6 Å². The van der Waals surface area contributed by atoms with Crippen molar-refractivity contribution in [2.24, 2.45) is 0 Å². The standard InChI is InChI=1S/C18H24N4O2S/c1-4-21-7-9-22(10-8-21)18(23)17-14(3)20-16(25-17)12-24-15-6-5-13(2)19-11-15/h5-6,11H,4,7-10,12H2,1-3H3. The van der Waals surface area contributed by atoms with Crippen LogP contribution in [0.2, 0.25) is 0 Å². The maximum absolute atomic E-state index is 12.8. The lowest BCUT2D eigenvalue weighted by Crippen LogP contribution is -2.48. The Hall–Kier alpha value is -1.99. The molecule has 2 aromatic heterocycles. The summed E-state index contributed by atoms with van der Waals surface area (Å²) in [5.41, 5.74) is 1.74. The maximum atomic E-state index is 12.8. The summed E-state index contributed by atoms with van der Waals surface area (Å²) in [6, 6.07) is 3.80. The molecule has 134 valence electrons. The zero-order chi connectivity index (χ0) is 17.8. The highest BCUT2D eigenvalue weighted by molar-refractivity contribution is 7.13. The average Bonchev–Trinajstić information content (AvgIpc) is 3.01. The predicted molar refractivity (Wildman–Crippen MR) is 98.2 cm³/mol. The van der Waals surface area contributed by atoms with Gasteiger partial charge in [-0.3, -0.25) is 9.78 Å². The molecule has 1 aliphatic heterocycles. The molecule has 1 saturated heterocycles. The molecule has 0 bridgehead atoms. The summed E-state index contributed by atoms with van der Waals surface area (Å²) in [7, 11) is 0. The van der Waals surface area contributed by atoms with E-state index in [0.717, 1.165) is 54.0 Å². The second-order valence-electron chi connectivity index (χ2n) is 6.17. The number of aromatic nitrogens is 2. The molecular weight excluding hydrogens is 336 g/mol. The molecule has 0 unspecified atom stereocenters. The van der Waals surface area contributed by atoms with E-state index in [2.05, 4.69) is 21.8 Å². The molecule has 3 heterocycles. The third-order valence-electron chi connectivity index (χ3n) is 4.39. The van der Waals surface area contributed by atoms with Gasteiger partial charge in [-0.1, -0.05) is 6.92 Å². The minimum atomic E-state index is 0.0917. The van der Waals surface area contributed by atoms with Gasteiger partial charge >= 0.3 is 0 Å². The smallest absolute Gasteiger partial charge is 0.265 e. The lowest BCUT2D eigenvalue weighted by molar-refractivity contribution is 0.0647. The van der Waals surface area contributed by atoms with Crippen molar-refractivity contribution >= 4 is 17.2 Å². The molecule has 25 heavy (non-hydrogen) atoms. The van der Waals surface area contributed by atoms with Crippen LogP contribution >= 0.6 is 11.3 Å².